The molecule has 0 saturated carbocycles. The Balaban J connectivity index is 1.94. The van der Waals surface area contributed by atoms with Crippen molar-refractivity contribution in [3.63, 3.8) is 0 Å². The number of ether oxygens (including phenoxy) is 1. The summed E-state index contributed by atoms with van der Waals surface area (Å²) in [5, 5.41) is 0. The summed E-state index contributed by atoms with van der Waals surface area (Å²) in [5.41, 5.74) is 0.976. The van der Waals surface area contributed by atoms with Gasteiger partial charge in [0.25, 0.3) is 0 Å². The number of aromatic nitrogens is 4. The third-order valence-corrected chi connectivity index (χ3v) is 3.71. The van der Waals surface area contributed by atoms with Crippen LogP contribution in [0.15, 0.2) is 24.9 Å². The van der Waals surface area contributed by atoms with Crippen LogP contribution < -0.4 is 9.64 Å². The van der Waals surface area contributed by atoms with E-state index in [1.54, 1.807) is 44.7 Å². The van der Waals surface area contributed by atoms with Gasteiger partial charge in [0, 0.05) is 32.9 Å². The Labute approximate surface area is 128 Å². The Morgan fingerprint density at radius 3 is 2.95 bits per heavy atom. The van der Waals surface area contributed by atoms with Gasteiger partial charge >= 0.3 is 0 Å². The van der Waals surface area contributed by atoms with Crippen LogP contribution in [0.3, 0.4) is 0 Å². The topological polar surface area (TPSA) is 76.4 Å². The monoisotopic (exact) mass is 302 g/mol. The molecule has 0 radical (unpaired) electrons. The van der Waals surface area contributed by atoms with Crippen LogP contribution in [0, 0.1) is 0 Å². The number of hydrogen-bond acceptors (Lipinski definition) is 6. The number of rotatable bonds is 3. The molecular formula is C14H18N6O2. The molecule has 3 rings (SSSR count). The van der Waals surface area contributed by atoms with E-state index in [2.05, 4.69) is 15.0 Å². The third kappa shape index (κ3) is 2.47. The fourth-order valence-electron chi connectivity index (χ4n) is 2.58. The molecule has 1 aliphatic heterocycles. The number of nitrogens with zero attached hydrogens (tertiary/aromatic N) is 6. The highest BCUT2D eigenvalue weighted by molar-refractivity contribution is 5.81. The van der Waals surface area contributed by atoms with Gasteiger partial charge in [0.15, 0.2) is 0 Å². The van der Waals surface area contributed by atoms with Gasteiger partial charge < -0.3 is 19.1 Å². The third-order valence-electron chi connectivity index (χ3n) is 3.71. The normalized spacial score (nSPS) is 17.0. The second kappa shape index (κ2) is 5.63. The van der Waals surface area contributed by atoms with Crippen molar-refractivity contribution in [2.24, 2.45) is 0 Å². The van der Waals surface area contributed by atoms with Gasteiger partial charge in [0.2, 0.25) is 11.8 Å². The Kier molecular flexibility index (Phi) is 3.66. The Hall–Kier alpha value is -2.64. The molecule has 0 saturated heterocycles. The average molecular weight is 302 g/mol. The molecule has 1 aliphatic rings. The summed E-state index contributed by atoms with van der Waals surface area (Å²) in [6.07, 6.45) is 4.95. The summed E-state index contributed by atoms with van der Waals surface area (Å²) in [5.74, 6) is 1.26. The first-order chi connectivity index (χ1) is 10.6. The van der Waals surface area contributed by atoms with Crippen molar-refractivity contribution in [1.82, 2.24) is 24.4 Å². The maximum absolute atomic E-state index is 12.5. The van der Waals surface area contributed by atoms with Gasteiger partial charge in [-0.2, -0.15) is 0 Å². The van der Waals surface area contributed by atoms with Gasteiger partial charge in [-0.15, -0.1) is 0 Å². The molecule has 1 amide bonds. The SMILES string of the molecule is COc1cc(N2Cc3cncn3C(C(=O)N(C)C)C2)ncn1. The minimum atomic E-state index is -0.317. The molecule has 8 heteroatoms. The maximum atomic E-state index is 12.5. The van der Waals surface area contributed by atoms with Crippen LogP contribution in [0.4, 0.5) is 5.82 Å². The van der Waals surface area contributed by atoms with Crippen LogP contribution in [-0.2, 0) is 11.3 Å². The molecule has 1 atom stereocenters. The van der Waals surface area contributed by atoms with Crippen LogP contribution in [0.2, 0.25) is 0 Å². The molecule has 0 spiro atoms. The smallest absolute Gasteiger partial charge is 0.247 e. The van der Waals surface area contributed by atoms with Gasteiger partial charge in [-0.3, -0.25) is 4.79 Å². The van der Waals surface area contributed by atoms with Gasteiger partial charge in [0.05, 0.1) is 25.7 Å². The average Bonchev–Trinajstić information content (AvgIpc) is 3.01. The summed E-state index contributed by atoms with van der Waals surface area (Å²) in [7, 11) is 5.08. The van der Waals surface area contributed by atoms with E-state index in [1.165, 1.54) is 6.33 Å². The first kappa shape index (κ1) is 14.3. The van der Waals surface area contributed by atoms with E-state index in [9.17, 15) is 4.79 Å². The highest BCUT2D eigenvalue weighted by Crippen LogP contribution is 2.26. The van der Waals surface area contributed by atoms with E-state index in [0.29, 0.717) is 19.0 Å². The van der Waals surface area contributed by atoms with Crippen LogP contribution in [0.25, 0.3) is 0 Å². The molecule has 22 heavy (non-hydrogen) atoms. The predicted molar refractivity (Wildman–Crippen MR) is 79.6 cm³/mol. The summed E-state index contributed by atoms with van der Waals surface area (Å²) >= 11 is 0. The summed E-state index contributed by atoms with van der Waals surface area (Å²) in [6.45, 7) is 1.16. The highest BCUT2D eigenvalue weighted by atomic mass is 16.5. The number of carbonyl (C=O) groups excluding carboxylic acids is 1. The first-order valence-electron chi connectivity index (χ1n) is 6.93. The van der Waals surface area contributed by atoms with E-state index in [-0.39, 0.29) is 11.9 Å². The number of methoxy groups -OCH3 is 1. The van der Waals surface area contributed by atoms with Gasteiger partial charge in [0.1, 0.15) is 18.2 Å². The molecule has 2 aromatic rings. The molecule has 116 valence electrons. The molecule has 0 bridgehead atoms. The number of anilines is 1. The number of carbonyl (C=O) groups is 1. The second-order valence-corrected chi connectivity index (χ2v) is 5.34. The zero-order valence-corrected chi connectivity index (χ0v) is 12.8. The van der Waals surface area contributed by atoms with Gasteiger partial charge in [-0.25, -0.2) is 15.0 Å². The lowest BCUT2D eigenvalue weighted by Gasteiger charge is -2.35. The van der Waals surface area contributed by atoms with E-state index >= 15 is 0 Å². The summed E-state index contributed by atoms with van der Waals surface area (Å²) in [6, 6.07) is 1.45. The minimum absolute atomic E-state index is 0.0324. The fraction of sp³-hybridized carbons (Fsp3) is 0.429. The van der Waals surface area contributed by atoms with Crippen molar-refractivity contribution in [2.45, 2.75) is 12.6 Å². The minimum Gasteiger partial charge on any atom is -0.481 e. The van der Waals surface area contributed by atoms with Crippen molar-refractivity contribution in [3.8, 4) is 5.88 Å². The molecule has 0 N–H and O–H groups in total. The molecule has 2 aromatic heterocycles. The van der Waals surface area contributed by atoms with Crippen molar-refractivity contribution >= 4 is 11.7 Å². The lowest BCUT2D eigenvalue weighted by atomic mass is 10.1. The van der Waals surface area contributed by atoms with Gasteiger partial charge in [-0.05, 0) is 0 Å². The molecular weight excluding hydrogens is 284 g/mol. The quantitative estimate of drug-likeness (QED) is 0.813. The molecule has 0 aromatic carbocycles. The van der Waals surface area contributed by atoms with Crippen molar-refractivity contribution < 1.29 is 9.53 Å². The van der Waals surface area contributed by atoms with Crippen LogP contribution in [0.5, 0.6) is 5.88 Å². The van der Waals surface area contributed by atoms with Crippen LogP contribution >= 0.6 is 0 Å². The van der Waals surface area contributed by atoms with Crippen LogP contribution in [0.1, 0.15) is 11.7 Å². The lowest BCUT2D eigenvalue weighted by Crippen LogP contribution is -2.44. The van der Waals surface area contributed by atoms with E-state index in [4.69, 9.17) is 4.74 Å². The van der Waals surface area contributed by atoms with E-state index in [1.807, 2.05) is 9.47 Å². The number of imidazole rings is 1. The molecule has 8 nitrogen and oxygen atoms in total. The Bertz CT molecular complexity index is 683. The summed E-state index contributed by atoms with van der Waals surface area (Å²) < 4.78 is 7.07. The Morgan fingerprint density at radius 2 is 2.23 bits per heavy atom. The van der Waals surface area contributed by atoms with Crippen LogP contribution in [-0.4, -0.2) is 58.1 Å². The number of fused-ring (bicyclic) bond motifs is 1. The molecule has 0 fully saturated rings. The zero-order valence-electron chi connectivity index (χ0n) is 12.8. The standard InChI is InChI=1S/C14H18N6O2/c1-18(2)14(21)11-7-19(6-10-5-15-9-20(10)11)12-4-13(22-3)17-8-16-12/h4-5,8-9,11H,6-7H2,1-3H3. The number of amides is 1. The predicted octanol–water partition coefficient (Wildman–Crippen LogP) is 0.331. The Morgan fingerprint density at radius 1 is 1.41 bits per heavy atom. The van der Waals surface area contributed by atoms with Crippen molar-refractivity contribution in [3.05, 3.63) is 30.6 Å². The van der Waals surface area contributed by atoms with Crippen molar-refractivity contribution in [1.29, 1.82) is 0 Å². The van der Waals surface area contributed by atoms with Crippen molar-refractivity contribution in [2.75, 3.05) is 32.6 Å². The zero-order chi connectivity index (χ0) is 15.7. The largest absolute Gasteiger partial charge is 0.481 e. The molecule has 1 unspecified atom stereocenters. The van der Waals surface area contributed by atoms with Gasteiger partial charge in [-0.1, -0.05) is 0 Å². The van der Waals surface area contributed by atoms with E-state index < -0.39 is 0 Å². The highest BCUT2D eigenvalue weighted by Gasteiger charge is 2.31. The fourth-order valence-corrected chi connectivity index (χ4v) is 2.58. The second-order valence-electron chi connectivity index (χ2n) is 5.34. The lowest BCUT2D eigenvalue weighted by molar-refractivity contribution is -0.132. The molecule has 3 heterocycles. The number of likely N-dealkylation sites (N-methyl/N-ethyl adjacent to an activating group) is 1. The number of hydrogen-bond donors (Lipinski definition) is 0. The first-order valence-corrected chi connectivity index (χ1v) is 6.93. The maximum Gasteiger partial charge on any atom is 0.247 e. The van der Waals surface area contributed by atoms with E-state index in [0.717, 1.165) is 11.5 Å². The summed E-state index contributed by atoms with van der Waals surface area (Å²) in [4.78, 5) is 28.6. The molecule has 0 aliphatic carbocycles.